The molecule has 0 bridgehead atoms. The van der Waals surface area contributed by atoms with E-state index in [1.54, 1.807) is 0 Å². The number of hydrogen-bond acceptors (Lipinski definition) is 5. The first kappa shape index (κ1) is 18.6. The van der Waals surface area contributed by atoms with Crippen LogP contribution in [0.15, 0.2) is 30.3 Å². The summed E-state index contributed by atoms with van der Waals surface area (Å²) in [6.07, 6.45) is 5.60. The molecule has 1 aromatic carbocycles. The molecule has 1 aliphatic carbocycles. The lowest BCUT2D eigenvalue weighted by atomic mass is 10.00. The van der Waals surface area contributed by atoms with E-state index < -0.39 is 0 Å². The van der Waals surface area contributed by atoms with Crippen molar-refractivity contribution < 1.29 is 0 Å². The molecular formula is C21H32N6. The molecule has 2 aliphatic rings. The van der Waals surface area contributed by atoms with Gasteiger partial charge in [0.2, 0.25) is 0 Å². The van der Waals surface area contributed by atoms with E-state index in [2.05, 4.69) is 63.4 Å². The molecule has 1 aliphatic heterocycles. The number of nitrogens with zero attached hydrogens (tertiary/aromatic N) is 6. The van der Waals surface area contributed by atoms with Crippen molar-refractivity contribution in [3.8, 4) is 0 Å². The highest BCUT2D eigenvalue weighted by Gasteiger charge is 2.33. The van der Waals surface area contributed by atoms with Crippen LogP contribution in [0.1, 0.15) is 57.0 Å². The number of hydrogen-bond donors (Lipinski definition) is 0. The van der Waals surface area contributed by atoms with E-state index in [1.807, 2.05) is 10.7 Å². The van der Waals surface area contributed by atoms with Gasteiger partial charge in [0, 0.05) is 32.2 Å². The van der Waals surface area contributed by atoms with Crippen LogP contribution in [0.2, 0.25) is 0 Å². The van der Waals surface area contributed by atoms with Crippen LogP contribution in [-0.2, 0) is 6.54 Å². The maximum atomic E-state index is 4.45. The first-order valence-electron chi connectivity index (χ1n) is 10.5. The fourth-order valence-electron chi connectivity index (χ4n) is 4.83. The minimum atomic E-state index is 0.273. The van der Waals surface area contributed by atoms with Gasteiger partial charge < -0.3 is 0 Å². The Balaban J connectivity index is 1.46. The summed E-state index contributed by atoms with van der Waals surface area (Å²) < 4.78 is 1.99. The van der Waals surface area contributed by atoms with E-state index in [0.29, 0.717) is 5.92 Å². The topological polar surface area (TPSA) is 50.1 Å². The minimum Gasteiger partial charge on any atom is -0.298 e. The number of aromatic nitrogens is 4. The van der Waals surface area contributed by atoms with Crippen molar-refractivity contribution in [2.75, 3.05) is 26.2 Å². The molecule has 0 unspecified atom stereocenters. The fraction of sp³-hybridized carbons (Fsp3) is 0.667. The zero-order chi connectivity index (χ0) is 18.6. The Morgan fingerprint density at radius 1 is 1.00 bits per heavy atom. The summed E-state index contributed by atoms with van der Waals surface area (Å²) in [4.78, 5) is 5.32. The van der Waals surface area contributed by atoms with Crippen molar-refractivity contribution in [3.63, 3.8) is 0 Å². The van der Waals surface area contributed by atoms with Gasteiger partial charge >= 0.3 is 0 Å². The molecule has 0 amide bonds. The lowest BCUT2D eigenvalue weighted by molar-refractivity contribution is 0.0501. The Morgan fingerprint density at radius 3 is 2.37 bits per heavy atom. The minimum absolute atomic E-state index is 0.273. The molecule has 0 spiro atoms. The smallest absolute Gasteiger partial charge is 0.169 e. The first-order chi connectivity index (χ1) is 13.2. The molecule has 2 heterocycles. The summed E-state index contributed by atoms with van der Waals surface area (Å²) in [5.74, 6) is 1.48. The first-order valence-corrected chi connectivity index (χ1v) is 10.5. The molecule has 1 saturated heterocycles. The quantitative estimate of drug-likeness (QED) is 0.785. The molecule has 27 heavy (non-hydrogen) atoms. The van der Waals surface area contributed by atoms with Crippen molar-refractivity contribution >= 4 is 0 Å². The Labute approximate surface area is 162 Å². The SMILES string of the molecule is CC(C)[C@H](c1nnnn1Cc1ccccc1)N1CCN(C2CCCC2)CC1. The summed E-state index contributed by atoms with van der Waals surface area (Å²) in [5.41, 5.74) is 1.24. The van der Waals surface area contributed by atoms with Crippen LogP contribution < -0.4 is 0 Å². The third kappa shape index (κ3) is 4.22. The van der Waals surface area contributed by atoms with Gasteiger partial charge in [-0.05, 0) is 34.7 Å². The molecule has 6 heteroatoms. The molecule has 0 N–H and O–H groups in total. The van der Waals surface area contributed by atoms with Crippen LogP contribution >= 0.6 is 0 Å². The zero-order valence-corrected chi connectivity index (χ0v) is 16.7. The summed E-state index contributed by atoms with van der Waals surface area (Å²) in [6, 6.07) is 11.6. The number of piperazine rings is 1. The largest absolute Gasteiger partial charge is 0.298 e. The van der Waals surface area contributed by atoms with E-state index >= 15 is 0 Å². The van der Waals surface area contributed by atoms with E-state index in [0.717, 1.165) is 31.5 Å². The van der Waals surface area contributed by atoms with Gasteiger partial charge in [-0.1, -0.05) is 57.0 Å². The second kappa shape index (κ2) is 8.48. The Bertz CT molecular complexity index is 698. The van der Waals surface area contributed by atoms with Crippen molar-refractivity contribution in [2.45, 2.75) is 58.2 Å². The summed E-state index contributed by atoms with van der Waals surface area (Å²) in [6.45, 7) is 9.87. The molecule has 2 fully saturated rings. The molecule has 1 atom stereocenters. The molecule has 6 nitrogen and oxygen atoms in total. The molecule has 0 radical (unpaired) electrons. The maximum Gasteiger partial charge on any atom is 0.169 e. The van der Waals surface area contributed by atoms with Crippen molar-refractivity contribution in [1.82, 2.24) is 30.0 Å². The van der Waals surface area contributed by atoms with Gasteiger partial charge in [-0.15, -0.1) is 5.10 Å². The summed E-state index contributed by atoms with van der Waals surface area (Å²) in [5, 5.41) is 12.8. The molecule has 146 valence electrons. The van der Waals surface area contributed by atoms with Gasteiger partial charge in [0.15, 0.2) is 5.82 Å². The van der Waals surface area contributed by atoms with E-state index in [1.165, 1.54) is 44.3 Å². The van der Waals surface area contributed by atoms with Crippen LogP contribution in [-0.4, -0.2) is 62.2 Å². The lowest BCUT2D eigenvalue weighted by Gasteiger charge is -2.42. The monoisotopic (exact) mass is 368 g/mol. The Morgan fingerprint density at radius 2 is 1.70 bits per heavy atom. The summed E-state index contributed by atoms with van der Waals surface area (Å²) in [7, 11) is 0. The molecule has 1 aromatic heterocycles. The highest BCUT2D eigenvalue weighted by Crippen LogP contribution is 2.30. The molecular weight excluding hydrogens is 336 g/mol. The van der Waals surface area contributed by atoms with Crippen LogP contribution in [0.4, 0.5) is 0 Å². The van der Waals surface area contributed by atoms with Gasteiger partial charge in [-0.2, -0.15) is 0 Å². The van der Waals surface area contributed by atoms with Gasteiger partial charge in [0.1, 0.15) is 0 Å². The number of benzene rings is 1. The second-order valence-electron chi connectivity index (χ2n) is 8.38. The van der Waals surface area contributed by atoms with Crippen LogP contribution in [0, 0.1) is 5.92 Å². The maximum absolute atomic E-state index is 4.45. The highest BCUT2D eigenvalue weighted by atomic mass is 15.6. The van der Waals surface area contributed by atoms with E-state index in [-0.39, 0.29) is 6.04 Å². The van der Waals surface area contributed by atoms with Gasteiger partial charge in [-0.25, -0.2) is 4.68 Å². The van der Waals surface area contributed by atoms with Crippen molar-refractivity contribution in [2.24, 2.45) is 5.92 Å². The highest BCUT2D eigenvalue weighted by molar-refractivity contribution is 5.15. The third-order valence-corrected chi connectivity index (χ3v) is 6.21. The van der Waals surface area contributed by atoms with E-state index in [9.17, 15) is 0 Å². The standard InChI is InChI=1S/C21H32N6/c1-17(2)20(26-14-12-25(13-15-26)19-10-6-7-11-19)21-22-23-24-27(21)16-18-8-4-3-5-9-18/h3-5,8-9,17,19-20H,6-7,10-16H2,1-2H3/t20-/m1/s1. The number of tetrazole rings is 1. The fourth-order valence-corrected chi connectivity index (χ4v) is 4.83. The van der Waals surface area contributed by atoms with E-state index in [4.69, 9.17) is 0 Å². The number of rotatable bonds is 6. The van der Waals surface area contributed by atoms with Crippen LogP contribution in [0.5, 0.6) is 0 Å². The zero-order valence-electron chi connectivity index (χ0n) is 16.7. The molecule has 2 aromatic rings. The molecule has 4 rings (SSSR count). The van der Waals surface area contributed by atoms with Crippen molar-refractivity contribution in [1.29, 1.82) is 0 Å². The summed E-state index contributed by atoms with van der Waals surface area (Å²) >= 11 is 0. The van der Waals surface area contributed by atoms with Crippen molar-refractivity contribution in [3.05, 3.63) is 41.7 Å². The van der Waals surface area contributed by atoms with Crippen LogP contribution in [0.3, 0.4) is 0 Å². The van der Waals surface area contributed by atoms with Gasteiger partial charge in [0.25, 0.3) is 0 Å². The normalized spacial score (nSPS) is 21.1. The second-order valence-corrected chi connectivity index (χ2v) is 8.38. The predicted octanol–water partition coefficient (Wildman–Crippen LogP) is 2.98. The third-order valence-electron chi connectivity index (χ3n) is 6.21. The van der Waals surface area contributed by atoms with Gasteiger partial charge in [-0.3, -0.25) is 9.80 Å². The lowest BCUT2D eigenvalue weighted by Crippen LogP contribution is -2.51. The Hall–Kier alpha value is -1.79. The molecule has 1 saturated carbocycles. The van der Waals surface area contributed by atoms with Gasteiger partial charge in [0.05, 0.1) is 12.6 Å². The Kier molecular flexibility index (Phi) is 5.83. The average Bonchev–Trinajstić information content (AvgIpc) is 3.36. The average molecular weight is 369 g/mol. The van der Waals surface area contributed by atoms with Crippen LogP contribution in [0.25, 0.3) is 0 Å². The predicted molar refractivity (Wildman–Crippen MR) is 106 cm³/mol.